The molecular weight excluding hydrogens is 504 g/mol. The Kier molecular flexibility index (Phi) is 8.10. The molecule has 2 aromatic carbocycles. The fourth-order valence-electron chi connectivity index (χ4n) is 5.95. The van der Waals surface area contributed by atoms with Gasteiger partial charge in [0.2, 0.25) is 11.8 Å². The number of non-ortho nitro benzene ring substituents is 1. The first-order chi connectivity index (χ1) is 18.6. The Morgan fingerprint density at radius 2 is 1.77 bits per heavy atom. The monoisotopic (exact) mass is 536 g/mol. The summed E-state index contributed by atoms with van der Waals surface area (Å²) in [6.45, 7) is 4.65. The van der Waals surface area contributed by atoms with Crippen LogP contribution in [0.3, 0.4) is 0 Å². The largest absolute Gasteiger partial charge is 0.342 e. The average molecular weight is 537 g/mol. The highest BCUT2D eigenvalue weighted by Gasteiger charge is 2.54. The van der Waals surface area contributed by atoms with E-state index in [-0.39, 0.29) is 41.6 Å². The maximum atomic E-state index is 13.9. The van der Waals surface area contributed by atoms with Gasteiger partial charge in [-0.25, -0.2) is 5.48 Å². The van der Waals surface area contributed by atoms with Crippen LogP contribution in [-0.4, -0.2) is 63.2 Å². The number of benzene rings is 2. The van der Waals surface area contributed by atoms with Crippen LogP contribution in [0.1, 0.15) is 59.4 Å². The number of carbonyl (C=O) groups is 4. The Labute approximate surface area is 225 Å². The zero-order valence-corrected chi connectivity index (χ0v) is 22.0. The second-order valence-corrected chi connectivity index (χ2v) is 10.6. The average Bonchev–Trinajstić information content (AvgIpc) is 3.35. The van der Waals surface area contributed by atoms with Gasteiger partial charge in [0.15, 0.2) is 0 Å². The van der Waals surface area contributed by atoms with Crippen LogP contribution in [-0.2, 0) is 16.0 Å². The Morgan fingerprint density at radius 1 is 1.08 bits per heavy atom. The molecule has 11 nitrogen and oxygen atoms in total. The van der Waals surface area contributed by atoms with E-state index in [1.807, 2.05) is 44.2 Å². The van der Waals surface area contributed by atoms with Crippen molar-refractivity contribution in [3.63, 3.8) is 0 Å². The molecule has 0 aliphatic carbocycles. The third-order valence-electron chi connectivity index (χ3n) is 7.73. The minimum Gasteiger partial charge on any atom is -0.342 e. The molecule has 0 spiro atoms. The van der Waals surface area contributed by atoms with Crippen molar-refractivity contribution in [2.75, 3.05) is 19.6 Å². The maximum Gasteiger partial charge on any atom is 0.270 e. The Hall–Kier alpha value is -4.12. The number of likely N-dealkylation sites (tertiary alicyclic amines) is 1. The molecule has 1 saturated heterocycles. The van der Waals surface area contributed by atoms with E-state index in [2.05, 4.69) is 0 Å². The van der Waals surface area contributed by atoms with Crippen molar-refractivity contribution in [1.29, 1.82) is 0 Å². The summed E-state index contributed by atoms with van der Waals surface area (Å²) in [7, 11) is 0. The number of hydroxylamine groups is 1. The molecule has 2 N–H and O–H groups in total. The quantitative estimate of drug-likeness (QED) is 0.194. The van der Waals surface area contributed by atoms with Crippen LogP contribution in [0, 0.1) is 27.4 Å². The van der Waals surface area contributed by atoms with Crippen LogP contribution in [0.2, 0.25) is 0 Å². The van der Waals surface area contributed by atoms with Crippen LogP contribution < -0.4 is 5.48 Å². The highest BCUT2D eigenvalue weighted by Crippen LogP contribution is 2.46. The van der Waals surface area contributed by atoms with Gasteiger partial charge < -0.3 is 4.90 Å². The van der Waals surface area contributed by atoms with Gasteiger partial charge in [-0.3, -0.25) is 39.4 Å². The standard InChI is InChI=1S/C28H32N4O7/c1-18(2)17-28(12-15-30(27(28)36)13-10-19-6-4-3-5-7-19)23(24(33)29-37)11-14-31-25(34)21-9-8-20(32(38)39)16-22(21)26(31)35/h3-9,16,18,23,37H,10-15,17H2,1-2H3,(H,29,33). The summed E-state index contributed by atoms with van der Waals surface area (Å²) in [6.07, 6.45) is 1.39. The molecule has 0 bridgehead atoms. The third-order valence-corrected chi connectivity index (χ3v) is 7.73. The smallest absolute Gasteiger partial charge is 0.270 e. The van der Waals surface area contributed by atoms with E-state index in [1.54, 1.807) is 10.4 Å². The van der Waals surface area contributed by atoms with Gasteiger partial charge >= 0.3 is 0 Å². The van der Waals surface area contributed by atoms with Gasteiger partial charge in [-0.1, -0.05) is 44.2 Å². The zero-order chi connectivity index (χ0) is 28.3. The molecule has 1 fully saturated rings. The van der Waals surface area contributed by atoms with Crippen LogP contribution in [0.4, 0.5) is 5.69 Å². The lowest BCUT2D eigenvalue weighted by molar-refractivity contribution is -0.384. The van der Waals surface area contributed by atoms with Crippen LogP contribution in [0.15, 0.2) is 48.5 Å². The number of nitro groups is 1. The molecule has 4 rings (SSSR count). The molecule has 206 valence electrons. The Balaban J connectivity index is 1.56. The van der Waals surface area contributed by atoms with Gasteiger partial charge in [0, 0.05) is 31.8 Å². The van der Waals surface area contributed by atoms with E-state index in [1.165, 1.54) is 6.07 Å². The lowest BCUT2D eigenvalue weighted by atomic mass is 9.67. The predicted octanol–water partition coefficient (Wildman–Crippen LogP) is 3.21. The van der Waals surface area contributed by atoms with Gasteiger partial charge in [-0.2, -0.15) is 0 Å². The van der Waals surface area contributed by atoms with Gasteiger partial charge in [-0.05, 0) is 43.2 Å². The van der Waals surface area contributed by atoms with E-state index in [0.717, 1.165) is 22.6 Å². The Bertz CT molecular complexity index is 1300. The molecule has 0 aromatic heterocycles. The van der Waals surface area contributed by atoms with Crippen molar-refractivity contribution < 1.29 is 29.3 Å². The zero-order valence-electron chi connectivity index (χ0n) is 22.0. The summed E-state index contributed by atoms with van der Waals surface area (Å²) in [5, 5.41) is 20.7. The van der Waals surface area contributed by atoms with Gasteiger partial charge in [0.1, 0.15) is 0 Å². The molecule has 0 radical (unpaired) electrons. The molecule has 2 atom stereocenters. The van der Waals surface area contributed by atoms with Crippen LogP contribution in [0.5, 0.6) is 0 Å². The molecule has 2 unspecified atom stereocenters. The molecule has 2 aliphatic rings. The number of nitrogens with zero attached hydrogens (tertiary/aromatic N) is 3. The number of carbonyl (C=O) groups excluding carboxylic acids is 4. The number of fused-ring (bicyclic) bond motifs is 1. The first-order valence-electron chi connectivity index (χ1n) is 13.0. The van der Waals surface area contributed by atoms with Crippen molar-refractivity contribution in [3.8, 4) is 0 Å². The van der Waals surface area contributed by atoms with Gasteiger partial charge in [-0.15, -0.1) is 0 Å². The van der Waals surface area contributed by atoms with Gasteiger partial charge in [0.05, 0.1) is 27.4 Å². The van der Waals surface area contributed by atoms with E-state index >= 15 is 0 Å². The predicted molar refractivity (Wildman–Crippen MR) is 140 cm³/mol. The van der Waals surface area contributed by atoms with Crippen molar-refractivity contribution in [1.82, 2.24) is 15.3 Å². The molecular formula is C28H32N4O7. The summed E-state index contributed by atoms with van der Waals surface area (Å²) in [4.78, 5) is 66.1. The summed E-state index contributed by atoms with van der Waals surface area (Å²) >= 11 is 0. The number of amides is 4. The van der Waals surface area contributed by atoms with Crippen molar-refractivity contribution in [2.45, 2.75) is 39.5 Å². The SMILES string of the molecule is CC(C)CC1(C(CCN2C(=O)c3ccc([N+](=O)[O-])cc3C2=O)C(=O)NO)CCN(CCc2ccccc2)C1=O. The summed E-state index contributed by atoms with van der Waals surface area (Å²) < 4.78 is 0. The number of nitrogens with one attached hydrogen (secondary N) is 1. The molecule has 2 aliphatic heterocycles. The van der Waals surface area contributed by atoms with Crippen molar-refractivity contribution in [3.05, 3.63) is 75.3 Å². The van der Waals surface area contributed by atoms with E-state index in [9.17, 15) is 34.5 Å². The summed E-state index contributed by atoms with van der Waals surface area (Å²) in [5.41, 5.74) is 1.34. The maximum absolute atomic E-state index is 13.9. The minimum absolute atomic E-state index is 0.0506. The van der Waals surface area contributed by atoms with Crippen LogP contribution >= 0.6 is 0 Å². The number of nitro benzene ring substituents is 1. The number of hydrogen-bond donors (Lipinski definition) is 2. The lowest BCUT2D eigenvalue weighted by Gasteiger charge is -2.36. The second-order valence-electron chi connectivity index (χ2n) is 10.6. The number of hydrogen-bond acceptors (Lipinski definition) is 7. The molecule has 4 amide bonds. The Morgan fingerprint density at radius 3 is 2.41 bits per heavy atom. The number of rotatable bonds is 11. The molecule has 2 aromatic rings. The lowest BCUT2D eigenvalue weighted by Crippen LogP contribution is -2.48. The summed E-state index contributed by atoms with van der Waals surface area (Å²) in [5.74, 6) is -3.19. The molecule has 11 heteroatoms. The first-order valence-corrected chi connectivity index (χ1v) is 13.0. The number of imide groups is 1. The van der Waals surface area contributed by atoms with Crippen LogP contribution in [0.25, 0.3) is 0 Å². The first kappa shape index (κ1) is 27.9. The molecule has 2 heterocycles. The molecule has 0 saturated carbocycles. The van der Waals surface area contributed by atoms with Crippen molar-refractivity contribution >= 4 is 29.3 Å². The van der Waals surface area contributed by atoms with E-state index < -0.39 is 34.0 Å². The fourth-order valence-corrected chi connectivity index (χ4v) is 5.95. The van der Waals surface area contributed by atoms with Gasteiger partial charge in [0.25, 0.3) is 17.5 Å². The highest BCUT2D eigenvalue weighted by atomic mass is 16.6. The van der Waals surface area contributed by atoms with E-state index in [0.29, 0.717) is 32.4 Å². The van der Waals surface area contributed by atoms with E-state index in [4.69, 9.17) is 0 Å². The topological polar surface area (TPSA) is 150 Å². The summed E-state index contributed by atoms with van der Waals surface area (Å²) in [6, 6.07) is 13.2. The highest BCUT2D eigenvalue weighted by molar-refractivity contribution is 6.21. The third kappa shape index (κ3) is 5.40. The normalized spacial score (nSPS) is 19.5. The molecule has 39 heavy (non-hydrogen) atoms. The minimum atomic E-state index is -1.12. The fraction of sp³-hybridized carbons (Fsp3) is 0.429. The second kappa shape index (κ2) is 11.3. The van der Waals surface area contributed by atoms with Crippen molar-refractivity contribution in [2.24, 2.45) is 17.3 Å².